The fourth-order valence-corrected chi connectivity index (χ4v) is 3.55. The number of aryl methyl sites for hydroxylation is 1. The standard InChI is InChI=1S/C27H31N3O4/c1-19-7-4-5-10-25(19)26-12-11-20(13-22(26)18-33-2)15-29-27(30-34-3)21-8-6-9-23(14-21)28-16-24(32)17-31/h4-15,24,28,31-32H,16-18H2,1-3H3/b29-15+,30-27-. The number of amidine groups is 1. The van der Waals surface area contributed by atoms with Crippen molar-refractivity contribution >= 4 is 17.7 Å². The van der Waals surface area contributed by atoms with Gasteiger partial charge in [-0.1, -0.05) is 53.7 Å². The Bertz CT molecular complexity index is 1140. The Hall–Kier alpha value is -3.52. The second-order valence-corrected chi connectivity index (χ2v) is 7.82. The fourth-order valence-electron chi connectivity index (χ4n) is 3.55. The van der Waals surface area contributed by atoms with Crippen LogP contribution in [0.1, 0.15) is 22.3 Å². The summed E-state index contributed by atoms with van der Waals surface area (Å²) < 4.78 is 5.45. The minimum Gasteiger partial charge on any atom is -0.397 e. The Morgan fingerprint density at radius 3 is 2.59 bits per heavy atom. The maximum Gasteiger partial charge on any atom is 0.198 e. The molecule has 0 aliphatic carbocycles. The molecule has 1 atom stereocenters. The normalized spacial score (nSPS) is 12.7. The summed E-state index contributed by atoms with van der Waals surface area (Å²) in [4.78, 5) is 9.59. The van der Waals surface area contributed by atoms with Gasteiger partial charge >= 0.3 is 0 Å². The molecule has 0 saturated carbocycles. The molecule has 0 amide bonds. The van der Waals surface area contributed by atoms with E-state index in [9.17, 15) is 5.11 Å². The Labute approximate surface area is 200 Å². The molecule has 1 unspecified atom stereocenters. The Morgan fingerprint density at radius 1 is 1.03 bits per heavy atom. The van der Waals surface area contributed by atoms with Crippen molar-refractivity contribution in [2.45, 2.75) is 19.6 Å². The topological polar surface area (TPSA) is 95.7 Å². The van der Waals surface area contributed by atoms with E-state index >= 15 is 0 Å². The van der Waals surface area contributed by atoms with Crippen LogP contribution < -0.4 is 5.32 Å². The highest BCUT2D eigenvalue weighted by molar-refractivity contribution is 6.05. The number of aliphatic hydroxyl groups is 2. The van der Waals surface area contributed by atoms with Gasteiger partial charge in [-0.15, -0.1) is 0 Å². The van der Waals surface area contributed by atoms with Crippen molar-refractivity contribution in [3.05, 3.63) is 89.0 Å². The molecular formula is C27H31N3O4. The first kappa shape index (κ1) is 25.1. The molecular weight excluding hydrogens is 430 g/mol. The van der Waals surface area contributed by atoms with Crippen LogP contribution in [0.15, 0.2) is 76.9 Å². The first-order chi connectivity index (χ1) is 16.5. The van der Waals surface area contributed by atoms with Gasteiger partial charge in [0.2, 0.25) is 0 Å². The lowest BCUT2D eigenvalue weighted by molar-refractivity contribution is 0.105. The molecule has 3 N–H and O–H groups in total. The molecule has 178 valence electrons. The van der Waals surface area contributed by atoms with Gasteiger partial charge in [0.25, 0.3) is 0 Å². The largest absolute Gasteiger partial charge is 0.397 e. The van der Waals surface area contributed by atoms with E-state index in [0.29, 0.717) is 12.4 Å². The number of ether oxygens (including phenoxy) is 1. The van der Waals surface area contributed by atoms with Gasteiger partial charge in [-0.3, -0.25) is 0 Å². The molecule has 0 spiro atoms. The van der Waals surface area contributed by atoms with Crippen molar-refractivity contribution in [1.82, 2.24) is 0 Å². The molecule has 0 aliphatic heterocycles. The maximum atomic E-state index is 9.57. The van der Waals surface area contributed by atoms with Crippen molar-refractivity contribution in [2.75, 3.05) is 32.7 Å². The number of aliphatic imine (C=N–C) groups is 1. The van der Waals surface area contributed by atoms with Gasteiger partial charge in [0, 0.05) is 31.1 Å². The number of oxime groups is 1. The zero-order valence-corrected chi connectivity index (χ0v) is 19.7. The van der Waals surface area contributed by atoms with E-state index in [4.69, 9.17) is 14.7 Å². The second-order valence-electron chi connectivity index (χ2n) is 7.82. The van der Waals surface area contributed by atoms with Crippen molar-refractivity contribution in [2.24, 2.45) is 10.1 Å². The van der Waals surface area contributed by atoms with Gasteiger partial charge in [-0.05, 0) is 52.9 Å². The predicted octanol–water partition coefficient (Wildman–Crippen LogP) is 4.00. The third-order valence-corrected chi connectivity index (χ3v) is 5.25. The molecule has 7 heteroatoms. The van der Waals surface area contributed by atoms with Crippen LogP contribution in [0, 0.1) is 6.92 Å². The number of hydrogen-bond donors (Lipinski definition) is 3. The molecule has 0 fully saturated rings. The summed E-state index contributed by atoms with van der Waals surface area (Å²) >= 11 is 0. The molecule has 0 radical (unpaired) electrons. The summed E-state index contributed by atoms with van der Waals surface area (Å²) in [5.41, 5.74) is 7.01. The van der Waals surface area contributed by atoms with Gasteiger partial charge in [0.1, 0.15) is 7.11 Å². The van der Waals surface area contributed by atoms with Crippen molar-refractivity contribution in [1.29, 1.82) is 0 Å². The summed E-state index contributed by atoms with van der Waals surface area (Å²) in [5.74, 6) is 0.408. The highest BCUT2D eigenvalue weighted by Gasteiger charge is 2.09. The molecule has 7 nitrogen and oxygen atoms in total. The van der Waals surface area contributed by atoms with Crippen LogP contribution in [-0.2, 0) is 16.2 Å². The zero-order valence-electron chi connectivity index (χ0n) is 19.7. The number of nitrogens with one attached hydrogen (secondary N) is 1. The zero-order chi connectivity index (χ0) is 24.3. The van der Waals surface area contributed by atoms with E-state index in [1.54, 1.807) is 13.3 Å². The van der Waals surface area contributed by atoms with Crippen LogP contribution in [0.2, 0.25) is 0 Å². The number of hydrogen-bond acceptors (Lipinski definition) is 6. The third-order valence-electron chi connectivity index (χ3n) is 5.25. The van der Waals surface area contributed by atoms with Crippen molar-refractivity contribution in [3.8, 4) is 11.1 Å². The first-order valence-corrected chi connectivity index (χ1v) is 11.0. The number of rotatable bonds is 10. The SMILES string of the molecule is COCc1cc(/C=N/C(=N\OC)c2cccc(NCC(O)CO)c2)ccc1-c1ccccc1C. The summed E-state index contributed by atoms with van der Waals surface area (Å²) in [6.07, 6.45) is 0.909. The highest BCUT2D eigenvalue weighted by Crippen LogP contribution is 2.28. The van der Waals surface area contributed by atoms with Crippen LogP contribution in [0.4, 0.5) is 5.69 Å². The number of benzene rings is 3. The van der Waals surface area contributed by atoms with Gasteiger partial charge < -0.3 is 25.1 Å². The molecule has 34 heavy (non-hydrogen) atoms. The molecule has 0 aliphatic rings. The minimum atomic E-state index is -0.835. The lowest BCUT2D eigenvalue weighted by atomic mass is 9.95. The van der Waals surface area contributed by atoms with Crippen LogP contribution in [0.3, 0.4) is 0 Å². The van der Waals surface area contributed by atoms with Gasteiger partial charge in [0.05, 0.1) is 19.3 Å². The van der Waals surface area contributed by atoms with Crippen molar-refractivity contribution in [3.63, 3.8) is 0 Å². The molecule has 3 aromatic carbocycles. The number of anilines is 1. The Kier molecular flexibility index (Phi) is 9.34. The van der Waals surface area contributed by atoms with E-state index < -0.39 is 6.10 Å². The van der Waals surface area contributed by atoms with Crippen LogP contribution in [-0.4, -0.2) is 55.7 Å². The van der Waals surface area contributed by atoms with E-state index in [0.717, 1.165) is 27.9 Å². The average molecular weight is 462 g/mol. The van der Waals surface area contributed by atoms with Gasteiger partial charge in [-0.25, -0.2) is 4.99 Å². The molecule has 0 heterocycles. The van der Waals surface area contributed by atoms with Crippen LogP contribution in [0.5, 0.6) is 0 Å². The summed E-state index contributed by atoms with van der Waals surface area (Å²) in [5, 5.41) is 25.7. The van der Waals surface area contributed by atoms with Crippen LogP contribution in [0.25, 0.3) is 11.1 Å². The molecule has 3 rings (SSSR count). The Balaban J connectivity index is 1.87. The molecule has 3 aromatic rings. The fraction of sp³-hybridized carbons (Fsp3) is 0.259. The lowest BCUT2D eigenvalue weighted by Gasteiger charge is -2.13. The summed E-state index contributed by atoms with van der Waals surface area (Å²) in [7, 11) is 3.16. The van der Waals surface area contributed by atoms with Crippen LogP contribution >= 0.6 is 0 Å². The summed E-state index contributed by atoms with van der Waals surface area (Å²) in [6, 6.07) is 21.9. The molecule has 0 bridgehead atoms. The van der Waals surface area contributed by atoms with Gasteiger partial charge in [-0.2, -0.15) is 0 Å². The third kappa shape index (κ3) is 6.74. The van der Waals surface area contributed by atoms with E-state index in [-0.39, 0.29) is 13.2 Å². The van der Waals surface area contributed by atoms with E-state index in [2.05, 4.69) is 46.7 Å². The lowest BCUT2D eigenvalue weighted by Crippen LogP contribution is -2.23. The van der Waals surface area contributed by atoms with Crippen molar-refractivity contribution < 1.29 is 19.8 Å². The number of nitrogens with zero attached hydrogens (tertiary/aromatic N) is 2. The molecule has 0 aromatic heterocycles. The predicted molar refractivity (Wildman–Crippen MR) is 136 cm³/mol. The maximum absolute atomic E-state index is 9.57. The highest BCUT2D eigenvalue weighted by atomic mass is 16.6. The second kappa shape index (κ2) is 12.6. The van der Waals surface area contributed by atoms with Gasteiger partial charge in [0.15, 0.2) is 5.84 Å². The monoisotopic (exact) mass is 461 g/mol. The molecule has 0 saturated heterocycles. The first-order valence-electron chi connectivity index (χ1n) is 11.0. The quantitative estimate of drug-likeness (QED) is 0.241. The minimum absolute atomic E-state index is 0.232. The number of aliphatic hydroxyl groups excluding tert-OH is 2. The van der Waals surface area contributed by atoms with E-state index in [1.807, 2.05) is 42.5 Å². The van der Waals surface area contributed by atoms with E-state index in [1.165, 1.54) is 18.2 Å². The smallest absolute Gasteiger partial charge is 0.198 e. The summed E-state index contributed by atoms with van der Waals surface area (Å²) in [6.45, 7) is 2.51. The average Bonchev–Trinajstić information content (AvgIpc) is 2.86. The Morgan fingerprint density at radius 2 is 1.85 bits per heavy atom. The number of methoxy groups -OCH3 is 1.